The van der Waals surface area contributed by atoms with Crippen molar-refractivity contribution in [2.24, 2.45) is 0 Å². The van der Waals surface area contributed by atoms with Gasteiger partial charge in [-0.2, -0.15) is 0 Å². The van der Waals surface area contributed by atoms with E-state index in [1.54, 1.807) is 6.92 Å². The molecule has 1 aromatic carbocycles. The van der Waals surface area contributed by atoms with Gasteiger partial charge in [0.25, 0.3) is 5.91 Å². The molecule has 0 radical (unpaired) electrons. The number of thiazole rings is 1. The molecule has 0 saturated heterocycles. The summed E-state index contributed by atoms with van der Waals surface area (Å²) in [6.07, 6.45) is 2.76. The van der Waals surface area contributed by atoms with Gasteiger partial charge in [0.15, 0.2) is 17.4 Å². The van der Waals surface area contributed by atoms with E-state index >= 15 is 0 Å². The van der Waals surface area contributed by atoms with Gasteiger partial charge in [-0.05, 0) is 32.0 Å². The van der Waals surface area contributed by atoms with Gasteiger partial charge in [0.05, 0.1) is 28.7 Å². The lowest BCUT2D eigenvalue weighted by atomic mass is 10.3. The van der Waals surface area contributed by atoms with E-state index in [0.29, 0.717) is 17.4 Å². The predicted octanol–water partition coefficient (Wildman–Crippen LogP) is 2.59. The van der Waals surface area contributed by atoms with E-state index in [2.05, 4.69) is 20.3 Å². The fourth-order valence-electron chi connectivity index (χ4n) is 2.07. The number of carbonyl (C=O) groups is 2. The maximum absolute atomic E-state index is 12.0. The molecule has 0 saturated carbocycles. The van der Waals surface area contributed by atoms with Crippen molar-refractivity contribution in [2.75, 3.05) is 18.5 Å². The number of benzene rings is 1. The number of carbonyl (C=O) groups excluding carboxylic acids is 2. The number of aromatic nitrogens is 3. The third-order valence-corrected chi connectivity index (χ3v) is 4.18. The molecule has 9 heteroatoms. The highest BCUT2D eigenvalue weighted by Gasteiger charge is 2.13. The topological polar surface area (TPSA) is 103 Å². The van der Waals surface area contributed by atoms with Crippen molar-refractivity contribution in [1.29, 1.82) is 0 Å². The highest BCUT2D eigenvalue weighted by Crippen LogP contribution is 2.29. The SMILES string of the molecule is CCOc1ccc2nc(NC(=O)COC(=O)c3cnc(C)cn3)sc2c1. The molecule has 0 aliphatic heterocycles. The average Bonchev–Trinajstić information content (AvgIpc) is 3.02. The van der Waals surface area contributed by atoms with E-state index in [9.17, 15) is 9.59 Å². The average molecular weight is 372 g/mol. The second-order valence-corrected chi connectivity index (χ2v) is 6.28. The number of nitrogens with one attached hydrogen (secondary N) is 1. The third kappa shape index (κ3) is 4.31. The van der Waals surface area contributed by atoms with E-state index < -0.39 is 18.5 Å². The van der Waals surface area contributed by atoms with E-state index in [0.717, 1.165) is 16.0 Å². The second-order valence-electron chi connectivity index (χ2n) is 5.25. The van der Waals surface area contributed by atoms with Crippen LogP contribution >= 0.6 is 11.3 Å². The predicted molar refractivity (Wildman–Crippen MR) is 96.5 cm³/mol. The quantitative estimate of drug-likeness (QED) is 0.663. The lowest BCUT2D eigenvalue weighted by Crippen LogP contribution is -2.21. The van der Waals surface area contributed by atoms with Crippen LogP contribution in [0.4, 0.5) is 5.13 Å². The maximum atomic E-state index is 12.0. The molecule has 0 aliphatic carbocycles. The molecule has 8 nitrogen and oxygen atoms in total. The van der Waals surface area contributed by atoms with Crippen molar-refractivity contribution in [2.45, 2.75) is 13.8 Å². The number of esters is 1. The van der Waals surface area contributed by atoms with Crippen LogP contribution in [0.25, 0.3) is 10.2 Å². The van der Waals surface area contributed by atoms with Gasteiger partial charge < -0.3 is 9.47 Å². The molecule has 0 atom stereocenters. The van der Waals surface area contributed by atoms with Crippen LogP contribution in [0.2, 0.25) is 0 Å². The summed E-state index contributed by atoms with van der Waals surface area (Å²) in [5, 5.41) is 3.03. The first-order valence-electron chi connectivity index (χ1n) is 7.84. The summed E-state index contributed by atoms with van der Waals surface area (Å²) >= 11 is 1.31. The summed E-state index contributed by atoms with van der Waals surface area (Å²) in [5.41, 5.74) is 1.48. The number of aryl methyl sites for hydroxylation is 1. The summed E-state index contributed by atoms with van der Waals surface area (Å²) in [6, 6.07) is 5.51. The molecule has 0 aliphatic rings. The van der Waals surface area contributed by atoms with Crippen LogP contribution < -0.4 is 10.1 Å². The first-order valence-corrected chi connectivity index (χ1v) is 8.66. The highest BCUT2D eigenvalue weighted by molar-refractivity contribution is 7.22. The Bertz CT molecular complexity index is 940. The van der Waals surface area contributed by atoms with Crippen molar-refractivity contribution < 1.29 is 19.1 Å². The van der Waals surface area contributed by atoms with Crippen LogP contribution in [0.1, 0.15) is 23.1 Å². The van der Waals surface area contributed by atoms with Crippen LogP contribution in [-0.4, -0.2) is 40.0 Å². The second kappa shape index (κ2) is 7.87. The monoisotopic (exact) mass is 372 g/mol. The number of fused-ring (bicyclic) bond motifs is 1. The lowest BCUT2D eigenvalue weighted by Gasteiger charge is -2.04. The molecule has 0 fully saturated rings. The number of amides is 1. The largest absolute Gasteiger partial charge is 0.494 e. The van der Waals surface area contributed by atoms with Gasteiger partial charge in [0.2, 0.25) is 0 Å². The molecule has 1 N–H and O–H groups in total. The van der Waals surface area contributed by atoms with Crippen LogP contribution in [0.3, 0.4) is 0 Å². The van der Waals surface area contributed by atoms with Crippen molar-refractivity contribution in [3.63, 3.8) is 0 Å². The van der Waals surface area contributed by atoms with Crippen molar-refractivity contribution >= 4 is 38.6 Å². The van der Waals surface area contributed by atoms with Gasteiger partial charge in [-0.1, -0.05) is 11.3 Å². The summed E-state index contributed by atoms with van der Waals surface area (Å²) in [6.45, 7) is 3.80. The van der Waals surface area contributed by atoms with E-state index in [1.807, 2.05) is 25.1 Å². The Kier molecular flexibility index (Phi) is 5.37. The summed E-state index contributed by atoms with van der Waals surface area (Å²) < 4.78 is 11.3. The minimum atomic E-state index is -0.710. The maximum Gasteiger partial charge on any atom is 0.359 e. The molecule has 26 heavy (non-hydrogen) atoms. The summed E-state index contributed by atoms with van der Waals surface area (Å²) in [4.78, 5) is 36.0. The molecule has 3 rings (SSSR count). The van der Waals surface area contributed by atoms with Gasteiger partial charge in [0, 0.05) is 6.20 Å². The zero-order valence-corrected chi connectivity index (χ0v) is 15.0. The molecule has 0 unspecified atom stereocenters. The Morgan fingerprint density at radius 2 is 2.08 bits per heavy atom. The van der Waals surface area contributed by atoms with E-state index in [-0.39, 0.29) is 5.69 Å². The lowest BCUT2D eigenvalue weighted by molar-refractivity contribution is -0.119. The van der Waals surface area contributed by atoms with Gasteiger partial charge in [0.1, 0.15) is 5.75 Å². The Morgan fingerprint density at radius 1 is 1.23 bits per heavy atom. The molecular formula is C17H16N4O4S. The van der Waals surface area contributed by atoms with Gasteiger partial charge in [-0.25, -0.2) is 14.8 Å². The Balaban J connectivity index is 1.58. The molecule has 2 heterocycles. The third-order valence-electron chi connectivity index (χ3n) is 3.24. The normalized spacial score (nSPS) is 10.5. The van der Waals surface area contributed by atoms with Crippen LogP contribution in [0, 0.1) is 6.92 Å². The van der Waals surface area contributed by atoms with Crippen molar-refractivity contribution in [3.05, 3.63) is 42.0 Å². The van der Waals surface area contributed by atoms with Crippen LogP contribution in [0.5, 0.6) is 5.75 Å². The standard InChI is InChI=1S/C17H16N4O4S/c1-3-24-11-4-5-12-14(6-11)26-17(20-12)21-15(22)9-25-16(23)13-8-18-10(2)7-19-13/h4-8H,3,9H2,1-2H3,(H,20,21,22). The number of nitrogens with zero attached hydrogens (tertiary/aromatic N) is 3. The van der Waals surface area contributed by atoms with Crippen molar-refractivity contribution in [3.8, 4) is 5.75 Å². The van der Waals surface area contributed by atoms with Crippen molar-refractivity contribution in [1.82, 2.24) is 15.0 Å². The molecule has 134 valence electrons. The molecular weight excluding hydrogens is 356 g/mol. The fraction of sp³-hybridized carbons (Fsp3) is 0.235. The number of ether oxygens (including phenoxy) is 2. The van der Waals surface area contributed by atoms with E-state index in [1.165, 1.54) is 23.7 Å². The van der Waals surface area contributed by atoms with Crippen LogP contribution in [0.15, 0.2) is 30.6 Å². The smallest absolute Gasteiger partial charge is 0.359 e. The number of hydrogen-bond acceptors (Lipinski definition) is 8. The minimum absolute atomic E-state index is 0.0480. The van der Waals surface area contributed by atoms with Gasteiger partial charge in [-0.3, -0.25) is 15.1 Å². The fourth-order valence-corrected chi connectivity index (χ4v) is 2.98. The molecule has 0 spiro atoms. The van der Waals surface area contributed by atoms with Crippen LogP contribution in [-0.2, 0) is 9.53 Å². The highest BCUT2D eigenvalue weighted by atomic mass is 32.1. The van der Waals surface area contributed by atoms with Gasteiger partial charge >= 0.3 is 5.97 Å². The minimum Gasteiger partial charge on any atom is -0.494 e. The summed E-state index contributed by atoms with van der Waals surface area (Å²) in [7, 11) is 0. The van der Waals surface area contributed by atoms with Gasteiger partial charge in [-0.15, -0.1) is 0 Å². The first-order chi connectivity index (χ1) is 12.5. The molecule has 0 bridgehead atoms. The number of anilines is 1. The Morgan fingerprint density at radius 3 is 2.81 bits per heavy atom. The zero-order valence-electron chi connectivity index (χ0n) is 14.2. The number of rotatable bonds is 6. The molecule has 1 amide bonds. The Labute approximate surface area is 153 Å². The Hall–Kier alpha value is -3.07. The molecule has 3 aromatic rings. The molecule has 2 aromatic heterocycles. The summed E-state index contributed by atoms with van der Waals surface area (Å²) in [5.74, 6) is -0.449. The number of hydrogen-bond donors (Lipinski definition) is 1. The first kappa shape index (κ1) is 17.7. The zero-order chi connectivity index (χ0) is 18.5. The van der Waals surface area contributed by atoms with E-state index in [4.69, 9.17) is 9.47 Å².